The van der Waals surface area contributed by atoms with Gasteiger partial charge in [-0.15, -0.1) is 286 Å². The molecule has 0 aliphatic rings. The van der Waals surface area contributed by atoms with Crippen molar-refractivity contribution in [3.63, 3.8) is 0 Å². The van der Waals surface area contributed by atoms with Crippen molar-refractivity contribution in [1.29, 1.82) is 0 Å². The molecule has 8 aromatic heterocycles. The van der Waals surface area contributed by atoms with Crippen LogP contribution in [0.1, 0.15) is 69.4 Å². The number of benzene rings is 12. The topological polar surface area (TPSA) is 103 Å². The van der Waals surface area contributed by atoms with Gasteiger partial charge in [0.25, 0.3) is 0 Å². The molecule has 20 rings (SSSR count). The van der Waals surface area contributed by atoms with E-state index in [1.165, 1.54) is 71.0 Å². The van der Waals surface area contributed by atoms with Crippen molar-refractivity contribution in [3.8, 4) is 90.1 Å². The Balaban J connectivity index is 0.000000183. The smallest absolute Gasteiger partial charge is 0.116 e. The van der Waals surface area contributed by atoms with Crippen molar-refractivity contribution < 1.29 is 84.8 Å². The van der Waals surface area contributed by atoms with Crippen LogP contribution < -0.4 is 20.7 Å². The summed E-state index contributed by atoms with van der Waals surface area (Å²) in [7, 11) is -5.71. The largest absolute Gasteiger partial charge is 0.305 e. The fourth-order valence-electron chi connectivity index (χ4n) is 15.9. The first-order chi connectivity index (χ1) is 66.9. The molecule has 0 amide bonds. The van der Waals surface area contributed by atoms with E-state index in [2.05, 4.69) is 335 Å². The van der Waals surface area contributed by atoms with Crippen LogP contribution in [0.4, 0.5) is 4.39 Å². The van der Waals surface area contributed by atoms with Crippen LogP contribution in [0, 0.1) is 75.1 Å². The fourth-order valence-corrected chi connectivity index (χ4v) is 22.3. The van der Waals surface area contributed by atoms with Gasteiger partial charge in [-0.1, -0.05) is 279 Å². The van der Waals surface area contributed by atoms with E-state index in [9.17, 15) is 4.39 Å². The van der Waals surface area contributed by atoms with Crippen LogP contribution in [0.3, 0.4) is 0 Å². The second kappa shape index (κ2) is 53.4. The molecular formula is C127H125FIr4N8Si4-8. The van der Waals surface area contributed by atoms with Crippen molar-refractivity contribution in [3.05, 3.63) is 459 Å². The Kier molecular flexibility index (Phi) is 43.0. The second-order valence-corrected chi connectivity index (χ2v) is 61.1. The summed E-state index contributed by atoms with van der Waals surface area (Å²) < 4.78 is 14.0. The number of aromatic nitrogens is 8. The number of nitrogens with zero attached hydrogens (tertiary/aromatic N) is 8. The van der Waals surface area contributed by atoms with Crippen LogP contribution in [0.5, 0.6) is 0 Å². The minimum absolute atomic E-state index is 0. The Bertz CT molecular complexity index is 7020. The van der Waals surface area contributed by atoms with Crippen molar-refractivity contribution in [2.75, 3.05) is 0 Å². The van der Waals surface area contributed by atoms with E-state index < -0.39 is 32.3 Å². The third kappa shape index (κ3) is 33.1. The average Bonchev–Trinajstić information content (AvgIpc) is 0.777. The van der Waals surface area contributed by atoms with Gasteiger partial charge in [-0.3, -0.25) is 19.9 Å². The zero-order valence-electron chi connectivity index (χ0n) is 86.1. The molecule has 0 saturated heterocycles. The summed E-state index contributed by atoms with van der Waals surface area (Å²) in [6.07, 6.45) is 7.95. The zero-order valence-corrected chi connectivity index (χ0v) is 99.7. The predicted octanol–water partition coefficient (Wildman–Crippen LogP) is 30.8. The third-order valence-electron chi connectivity index (χ3n) is 23.4. The molecule has 0 unspecified atom stereocenters. The molecule has 4 radical (unpaired) electrons. The number of pyridine rings is 8. The predicted molar refractivity (Wildman–Crippen MR) is 602 cm³/mol. The Morgan fingerprint density at radius 2 is 0.451 bits per heavy atom. The van der Waals surface area contributed by atoms with E-state index in [4.69, 9.17) is 9.97 Å². The van der Waals surface area contributed by atoms with Crippen molar-refractivity contribution in [2.45, 2.75) is 152 Å². The Labute approximate surface area is 913 Å². The second-order valence-electron chi connectivity index (χ2n) is 40.9. The number of hydrogen-bond donors (Lipinski definition) is 0. The van der Waals surface area contributed by atoms with Gasteiger partial charge in [0.05, 0.1) is 54.4 Å². The summed E-state index contributed by atoms with van der Waals surface area (Å²) in [5.41, 5.74) is 26.9. The fraction of sp³-hybridized carbons (Fsp3) is 0.181. The van der Waals surface area contributed by atoms with E-state index in [-0.39, 0.29) is 97.1 Å². The zero-order chi connectivity index (χ0) is 99.8. The molecule has 0 aliphatic heterocycles. The molecule has 0 saturated carbocycles. The molecule has 0 spiro atoms. The maximum atomic E-state index is 14.0. The van der Waals surface area contributed by atoms with E-state index in [1.807, 2.05) is 243 Å². The van der Waals surface area contributed by atoms with Crippen molar-refractivity contribution >= 4 is 96.7 Å². The molecule has 740 valence electrons. The number of para-hydroxylation sites is 4. The van der Waals surface area contributed by atoms with Crippen LogP contribution in [-0.4, -0.2) is 72.2 Å². The Morgan fingerprint density at radius 1 is 0.222 bits per heavy atom. The summed E-state index contributed by atoms with van der Waals surface area (Å²) >= 11 is 0. The van der Waals surface area contributed by atoms with Gasteiger partial charge >= 0.3 is 0 Å². The summed E-state index contributed by atoms with van der Waals surface area (Å²) in [6, 6.07) is 142. The number of halogens is 1. The number of rotatable bonds is 12. The van der Waals surface area contributed by atoms with Crippen LogP contribution in [-0.2, 0) is 91.3 Å². The van der Waals surface area contributed by atoms with Gasteiger partial charge in [0.15, 0.2) is 0 Å². The van der Waals surface area contributed by atoms with E-state index in [0.717, 1.165) is 112 Å². The quantitative estimate of drug-likeness (QED) is 0.0880. The minimum Gasteiger partial charge on any atom is -0.305 e. The molecule has 144 heavy (non-hydrogen) atoms. The molecule has 8 heterocycles. The molecule has 12 aromatic carbocycles. The first-order valence-corrected chi connectivity index (χ1v) is 61.8. The van der Waals surface area contributed by atoms with E-state index in [0.29, 0.717) is 5.69 Å². The van der Waals surface area contributed by atoms with Gasteiger partial charge in [-0.25, -0.2) is 4.39 Å². The van der Waals surface area contributed by atoms with Gasteiger partial charge in [0.1, 0.15) is 5.82 Å². The molecule has 0 fully saturated rings. The molecule has 8 nitrogen and oxygen atoms in total. The third-order valence-corrected chi connectivity index (χ3v) is 31.5. The summed E-state index contributed by atoms with van der Waals surface area (Å²) in [5.74, 6) is -0.147. The summed E-state index contributed by atoms with van der Waals surface area (Å²) in [4.78, 5) is 36.8. The average molecular weight is 2660 g/mol. The number of fused-ring (bicyclic) bond motifs is 4. The van der Waals surface area contributed by atoms with Gasteiger partial charge in [-0.05, 0) is 147 Å². The molecule has 17 heteroatoms. The summed E-state index contributed by atoms with van der Waals surface area (Å²) in [6.45, 7) is 47.8. The maximum absolute atomic E-state index is 14.0. The SMILES string of the molecule is CC(C)(C)c1cc(-c2[c-]cccc2)ncc1[Si](C)(C)C.C[Si](C)(C)c1cnc(-c2[c-]cccc2)cc1F.Cc1cc[c-]c(-c2cc(C(C)(C)C)c([Si](C)(C)C)cn2)c1.Cc1cc[c-]c(-c2cc(C)c([Si](C)(C)C)cn2)c1.[Ir].[Ir].[Ir].[Ir].[c-]1ccccc1-c1ccc2ccccc2n1.[c-]1ccccc1-c1ccc2ccccc2n1.[c-]1ccccc1-c1ccc2ccccc2n1.[c-]1ccccc1-c1ccc2ccccc2n1. The Hall–Kier alpha value is -11.7. The van der Waals surface area contributed by atoms with Crippen LogP contribution in [0.15, 0.2) is 377 Å². The Morgan fingerprint density at radius 3 is 0.694 bits per heavy atom. The molecule has 0 N–H and O–H groups in total. The van der Waals surface area contributed by atoms with Gasteiger partial charge in [-0.2, -0.15) is 0 Å². The molecule has 20 aromatic rings. The summed E-state index contributed by atoms with van der Waals surface area (Å²) in [5, 5.41) is 9.82. The molecule has 0 aliphatic carbocycles. The minimum atomic E-state index is -1.65. The number of aryl methyl sites for hydroxylation is 3. The maximum Gasteiger partial charge on any atom is 0.116 e. The monoisotopic (exact) mass is 2660 g/mol. The molecule has 0 bridgehead atoms. The van der Waals surface area contributed by atoms with Crippen molar-refractivity contribution in [1.82, 2.24) is 39.9 Å². The van der Waals surface area contributed by atoms with Gasteiger partial charge in [0.2, 0.25) is 0 Å². The normalized spacial score (nSPS) is 11.0. The van der Waals surface area contributed by atoms with Crippen molar-refractivity contribution in [2.24, 2.45) is 0 Å². The van der Waals surface area contributed by atoms with Gasteiger partial charge < -0.3 is 19.9 Å². The van der Waals surface area contributed by atoms with E-state index >= 15 is 0 Å². The van der Waals surface area contributed by atoms with Crippen LogP contribution in [0.2, 0.25) is 78.6 Å². The standard InChI is InChI=1S/C19H26NSi.C18H24NSi.C16H20NSi.4C15H10N.C14H15FNSi.4Ir/c1-14-9-8-10-15(11-14)17-12-16(19(2,3)4)18(13-20-17)21(5,6)7;1-18(2,3)15-12-16(14-10-8-7-9-11-14)19-13-17(15)20(4,5)6;1-12-7-6-8-14(9-12)15-10-13(2)16(11-17-15)18(3,4)5;4*1-2-6-12(7-3-1)15-11-10-13-8-4-5-9-14(13)16-15;1-17(2,3)14-10-16-13(9-12(14)15)11-7-5-4-6-8-11;;;;/h8-9,11-13H,1-7H3;7-10,12-13H,1-6H3;6-7,9-11H,1-5H3;4*1-6,8-11H;4-7,9-10H,1-3H3;;;;/q8*-1;;;;. The van der Waals surface area contributed by atoms with Crippen LogP contribution in [0.25, 0.3) is 134 Å². The first-order valence-electron chi connectivity index (χ1n) is 47.8. The van der Waals surface area contributed by atoms with Gasteiger partial charge in [0, 0.05) is 105 Å². The molecular weight excluding hydrogens is 2540 g/mol. The first kappa shape index (κ1) is 116. The van der Waals surface area contributed by atoms with Crippen LogP contribution >= 0.6 is 0 Å². The van der Waals surface area contributed by atoms with E-state index in [1.54, 1.807) is 12.3 Å². The molecule has 0 atom stereocenters. The number of hydrogen-bond acceptors (Lipinski definition) is 8.